The summed E-state index contributed by atoms with van der Waals surface area (Å²) in [5.41, 5.74) is 6.41. The van der Waals surface area contributed by atoms with Crippen LogP contribution >= 0.6 is 15.9 Å². The number of nitrogens with two attached hydrogens (primary N) is 1. The van der Waals surface area contributed by atoms with Crippen LogP contribution in [-0.4, -0.2) is 16.7 Å². The lowest BCUT2D eigenvalue weighted by Gasteiger charge is -2.03. The Hall–Kier alpha value is -2.74. The molecule has 0 radical (unpaired) electrons. The van der Waals surface area contributed by atoms with Crippen LogP contribution in [0.3, 0.4) is 0 Å². The molecule has 0 aliphatic heterocycles. The van der Waals surface area contributed by atoms with Crippen molar-refractivity contribution >= 4 is 33.4 Å². The minimum absolute atomic E-state index is 0.0298. The molecule has 0 aliphatic carbocycles. The van der Waals surface area contributed by atoms with Gasteiger partial charge in [-0.15, -0.1) is 0 Å². The van der Waals surface area contributed by atoms with Gasteiger partial charge in [-0.2, -0.15) is 0 Å². The molecule has 0 aliphatic rings. The lowest BCUT2D eigenvalue weighted by Crippen LogP contribution is -2.16. The summed E-state index contributed by atoms with van der Waals surface area (Å²) in [6.07, 6.45) is -0.271. The summed E-state index contributed by atoms with van der Waals surface area (Å²) >= 11 is 3.29. The molecule has 2 rings (SSSR count). The smallest absolute Gasteiger partial charge is 0.339 e. The number of amidine groups is 1. The summed E-state index contributed by atoms with van der Waals surface area (Å²) in [5.74, 6) is -0.709. The zero-order valence-electron chi connectivity index (χ0n) is 11.8. The molecule has 0 saturated carbocycles. The lowest BCUT2D eigenvalue weighted by atomic mass is 10.1. The van der Waals surface area contributed by atoms with E-state index in [-0.39, 0.29) is 23.5 Å². The van der Waals surface area contributed by atoms with E-state index < -0.39 is 10.9 Å². The first-order valence-corrected chi connectivity index (χ1v) is 7.28. The van der Waals surface area contributed by atoms with Gasteiger partial charge in [-0.3, -0.25) is 10.1 Å². The van der Waals surface area contributed by atoms with Gasteiger partial charge in [0.15, 0.2) is 5.84 Å². The van der Waals surface area contributed by atoms with Crippen LogP contribution in [0.15, 0.2) is 58.2 Å². The van der Waals surface area contributed by atoms with E-state index >= 15 is 0 Å². The number of nitro benzene ring substituents is 1. The third-order valence-electron chi connectivity index (χ3n) is 2.89. The summed E-state index contributed by atoms with van der Waals surface area (Å²) in [7, 11) is 0. The monoisotopic (exact) mass is 377 g/mol. The number of oxime groups is 1. The summed E-state index contributed by atoms with van der Waals surface area (Å²) < 4.78 is 0.805. The number of nitro groups is 1. The van der Waals surface area contributed by atoms with Gasteiger partial charge in [0.25, 0.3) is 5.69 Å². The Bertz CT molecular complexity index is 777. The van der Waals surface area contributed by atoms with Crippen molar-refractivity contribution in [3.63, 3.8) is 0 Å². The molecule has 2 N–H and O–H groups in total. The molecule has 7 nitrogen and oxygen atoms in total. The molecule has 0 atom stereocenters. The van der Waals surface area contributed by atoms with E-state index in [1.165, 1.54) is 18.2 Å². The number of para-hydroxylation sites is 1. The highest BCUT2D eigenvalue weighted by atomic mass is 79.9. The van der Waals surface area contributed by atoms with Crippen molar-refractivity contribution < 1.29 is 14.6 Å². The summed E-state index contributed by atoms with van der Waals surface area (Å²) in [6.45, 7) is 0. The highest BCUT2D eigenvalue weighted by Crippen LogP contribution is 2.18. The number of hydrogen-bond acceptors (Lipinski definition) is 5. The number of nitrogens with zero attached hydrogens (tertiary/aromatic N) is 2. The Kier molecular flexibility index (Phi) is 5.42. The molecule has 118 valence electrons. The molecule has 0 fully saturated rings. The predicted octanol–water partition coefficient (Wildman–Crippen LogP) is 2.76. The Labute approximate surface area is 140 Å². The number of hydrogen-bond donors (Lipinski definition) is 1. The second-order valence-electron chi connectivity index (χ2n) is 4.51. The van der Waals surface area contributed by atoms with Crippen molar-refractivity contribution in [1.82, 2.24) is 0 Å². The SMILES string of the molecule is N/C(=N\OC(=O)Cc1ccccc1[N+](=O)[O-])c1cccc(Br)c1. The molecule has 0 amide bonds. The third-order valence-corrected chi connectivity index (χ3v) is 3.38. The number of rotatable bonds is 5. The Balaban J connectivity index is 2.06. The molecule has 0 saturated heterocycles. The van der Waals surface area contributed by atoms with Gasteiger partial charge >= 0.3 is 5.97 Å². The largest absolute Gasteiger partial charge is 0.380 e. The molecule has 8 heteroatoms. The molecule has 0 bridgehead atoms. The average molecular weight is 378 g/mol. The van der Waals surface area contributed by atoms with Gasteiger partial charge in [-0.05, 0) is 12.1 Å². The maximum atomic E-state index is 11.8. The highest BCUT2D eigenvalue weighted by molar-refractivity contribution is 9.10. The number of benzene rings is 2. The first-order valence-electron chi connectivity index (χ1n) is 6.49. The molecule has 0 unspecified atom stereocenters. The van der Waals surface area contributed by atoms with Crippen LogP contribution in [0.1, 0.15) is 11.1 Å². The molecular formula is C15H12BrN3O4. The fourth-order valence-corrected chi connectivity index (χ4v) is 2.23. The fraction of sp³-hybridized carbons (Fsp3) is 0.0667. The minimum Gasteiger partial charge on any atom is -0.380 e. The zero-order chi connectivity index (χ0) is 16.8. The van der Waals surface area contributed by atoms with Crippen molar-refractivity contribution in [2.75, 3.05) is 0 Å². The number of carbonyl (C=O) groups excluding carboxylic acids is 1. The first-order chi connectivity index (χ1) is 11.0. The molecule has 0 spiro atoms. The molecular weight excluding hydrogens is 366 g/mol. The van der Waals surface area contributed by atoms with Gasteiger partial charge in [0.1, 0.15) is 0 Å². The van der Waals surface area contributed by atoms with Gasteiger partial charge in [0.2, 0.25) is 0 Å². The maximum Gasteiger partial charge on any atom is 0.339 e. The van der Waals surface area contributed by atoms with Crippen molar-refractivity contribution in [2.45, 2.75) is 6.42 Å². The van der Waals surface area contributed by atoms with Crippen molar-refractivity contribution in [3.8, 4) is 0 Å². The van der Waals surface area contributed by atoms with E-state index in [1.807, 2.05) is 6.07 Å². The van der Waals surface area contributed by atoms with Crippen LogP contribution in [0.5, 0.6) is 0 Å². The van der Waals surface area contributed by atoms with Crippen LogP contribution in [0, 0.1) is 10.1 Å². The van der Waals surface area contributed by atoms with Crippen LogP contribution in [0.4, 0.5) is 5.69 Å². The number of carbonyl (C=O) groups is 1. The van der Waals surface area contributed by atoms with Crippen LogP contribution < -0.4 is 5.73 Å². The van der Waals surface area contributed by atoms with Crippen LogP contribution in [0.2, 0.25) is 0 Å². The van der Waals surface area contributed by atoms with Gasteiger partial charge in [0.05, 0.1) is 11.3 Å². The standard InChI is InChI=1S/C15H12BrN3O4/c16-12-6-3-5-11(8-12)15(17)18-23-14(20)9-10-4-1-2-7-13(10)19(21)22/h1-8H,9H2,(H2,17,18). The highest BCUT2D eigenvalue weighted by Gasteiger charge is 2.16. The average Bonchev–Trinajstić information content (AvgIpc) is 2.53. The van der Waals surface area contributed by atoms with Gasteiger partial charge in [-0.25, -0.2) is 4.79 Å². The molecule has 23 heavy (non-hydrogen) atoms. The molecule has 2 aromatic carbocycles. The Morgan fingerprint density at radius 1 is 1.26 bits per heavy atom. The summed E-state index contributed by atoms with van der Waals surface area (Å²) in [6, 6.07) is 12.9. The summed E-state index contributed by atoms with van der Waals surface area (Å²) in [4.78, 5) is 26.8. The van der Waals surface area contributed by atoms with E-state index in [0.717, 1.165) is 4.47 Å². The van der Waals surface area contributed by atoms with Gasteiger partial charge < -0.3 is 10.6 Å². The second kappa shape index (κ2) is 7.50. The second-order valence-corrected chi connectivity index (χ2v) is 5.43. The predicted molar refractivity (Wildman–Crippen MR) is 87.8 cm³/mol. The lowest BCUT2D eigenvalue weighted by molar-refractivity contribution is -0.385. The topological polar surface area (TPSA) is 108 Å². The van der Waals surface area contributed by atoms with E-state index in [4.69, 9.17) is 10.6 Å². The number of halogens is 1. The molecule has 2 aromatic rings. The van der Waals surface area contributed by atoms with Crippen molar-refractivity contribution in [1.29, 1.82) is 0 Å². The van der Waals surface area contributed by atoms with Gasteiger partial charge in [-0.1, -0.05) is 51.4 Å². The van der Waals surface area contributed by atoms with E-state index in [9.17, 15) is 14.9 Å². The Morgan fingerprint density at radius 2 is 2.00 bits per heavy atom. The molecule has 0 heterocycles. The maximum absolute atomic E-state index is 11.8. The van der Waals surface area contributed by atoms with Crippen molar-refractivity contribution in [3.05, 3.63) is 74.2 Å². The van der Waals surface area contributed by atoms with Crippen LogP contribution in [-0.2, 0) is 16.1 Å². The minimum atomic E-state index is -0.739. The third kappa shape index (κ3) is 4.62. The van der Waals surface area contributed by atoms with E-state index in [0.29, 0.717) is 5.56 Å². The summed E-state index contributed by atoms with van der Waals surface area (Å²) in [5, 5.41) is 14.4. The van der Waals surface area contributed by atoms with E-state index in [2.05, 4.69) is 21.1 Å². The van der Waals surface area contributed by atoms with Crippen molar-refractivity contribution in [2.24, 2.45) is 10.9 Å². The fourth-order valence-electron chi connectivity index (χ4n) is 1.83. The quantitative estimate of drug-likeness (QED) is 0.283. The first kappa shape index (κ1) is 16.6. The normalized spacial score (nSPS) is 11.1. The van der Waals surface area contributed by atoms with E-state index in [1.54, 1.807) is 24.3 Å². The zero-order valence-corrected chi connectivity index (χ0v) is 13.4. The van der Waals surface area contributed by atoms with Crippen LogP contribution in [0.25, 0.3) is 0 Å². The Morgan fingerprint density at radius 3 is 2.70 bits per heavy atom. The molecule has 0 aromatic heterocycles. The van der Waals surface area contributed by atoms with Gasteiger partial charge in [0, 0.05) is 21.7 Å².